The molecule has 2 aromatic carbocycles. The van der Waals surface area contributed by atoms with Crippen molar-refractivity contribution in [3.8, 4) is 6.07 Å². The van der Waals surface area contributed by atoms with Gasteiger partial charge in [-0.2, -0.15) is 5.26 Å². The Bertz CT molecular complexity index is 629. The fourth-order valence-electron chi connectivity index (χ4n) is 1.61. The fourth-order valence-corrected chi connectivity index (χ4v) is 1.83. The Kier molecular flexibility index (Phi) is 3.40. The number of rotatable bonds is 2. The summed E-state index contributed by atoms with van der Waals surface area (Å²) in [6, 6.07) is 12.8. The molecule has 0 radical (unpaired) electrons. The average Bonchev–Trinajstić information content (AvgIpc) is 2.36. The third kappa shape index (κ3) is 2.55. The predicted octanol–water partition coefficient (Wildman–Crippen LogP) is 3.85. The number of nitrogens with zero attached hydrogens (tertiary/aromatic N) is 1. The van der Waals surface area contributed by atoms with E-state index in [1.54, 1.807) is 18.2 Å². The van der Waals surface area contributed by atoms with Crippen LogP contribution in [0.15, 0.2) is 36.4 Å². The van der Waals surface area contributed by atoms with Gasteiger partial charge in [-0.1, -0.05) is 17.7 Å². The van der Waals surface area contributed by atoms with Crippen molar-refractivity contribution in [1.29, 1.82) is 5.26 Å². The number of hydrogen-bond acceptors (Lipinski definition) is 3. The van der Waals surface area contributed by atoms with E-state index >= 15 is 0 Å². The summed E-state index contributed by atoms with van der Waals surface area (Å²) in [7, 11) is 0. The van der Waals surface area contributed by atoms with E-state index in [0.29, 0.717) is 16.3 Å². The molecular weight excluding hydrogens is 246 g/mol. The van der Waals surface area contributed by atoms with Crippen LogP contribution in [0.25, 0.3) is 0 Å². The first-order valence-corrected chi connectivity index (χ1v) is 5.81. The highest BCUT2D eigenvalue weighted by Gasteiger charge is 2.04. The standard InChI is InChI=1S/C14H12ClN3/c1-9-2-4-11(17)7-14(9)18-13-5-3-10(8-16)6-12(13)15/h2-7,18H,17H2,1H3. The van der Waals surface area contributed by atoms with Gasteiger partial charge in [0.2, 0.25) is 0 Å². The Hall–Kier alpha value is -2.18. The molecule has 0 saturated heterocycles. The predicted molar refractivity (Wildman–Crippen MR) is 75.0 cm³/mol. The molecule has 0 amide bonds. The summed E-state index contributed by atoms with van der Waals surface area (Å²) in [5.74, 6) is 0. The van der Waals surface area contributed by atoms with Crippen LogP contribution in [0.1, 0.15) is 11.1 Å². The van der Waals surface area contributed by atoms with Crippen molar-refractivity contribution in [2.24, 2.45) is 0 Å². The number of nitriles is 1. The molecule has 2 rings (SSSR count). The van der Waals surface area contributed by atoms with Crippen molar-refractivity contribution in [1.82, 2.24) is 0 Å². The third-order valence-corrected chi connectivity index (χ3v) is 2.94. The van der Waals surface area contributed by atoms with Crippen LogP contribution in [0.4, 0.5) is 17.1 Å². The minimum absolute atomic E-state index is 0.510. The Morgan fingerprint density at radius 1 is 1.17 bits per heavy atom. The van der Waals surface area contributed by atoms with E-state index in [9.17, 15) is 0 Å². The molecule has 0 aromatic heterocycles. The van der Waals surface area contributed by atoms with E-state index in [-0.39, 0.29) is 0 Å². The maximum absolute atomic E-state index is 8.78. The molecule has 3 nitrogen and oxygen atoms in total. The van der Waals surface area contributed by atoms with Crippen molar-refractivity contribution in [3.05, 3.63) is 52.5 Å². The van der Waals surface area contributed by atoms with Crippen LogP contribution in [0.2, 0.25) is 5.02 Å². The minimum Gasteiger partial charge on any atom is -0.399 e. The number of halogens is 1. The van der Waals surface area contributed by atoms with E-state index in [0.717, 1.165) is 16.9 Å². The lowest BCUT2D eigenvalue weighted by atomic mass is 10.1. The summed E-state index contributed by atoms with van der Waals surface area (Å²) in [5, 5.41) is 12.5. The SMILES string of the molecule is Cc1ccc(N)cc1Nc1ccc(C#N)cc1Cl. The topological polar surface area (TPSA) is 61.8 Å². The molecule has 4 heteroatoms. The summed E-state index contributed by atoms with van der Waals surface area (Å²) in [5.41, 5.74) is 9.71. The van der Waals surface area contributed by atoms with Crippen LogP contribution in [0.5, 0.6) is 0 Å². The van der Waals surface area contributed by atoms with Crippen molar-refractivity contribution in [3.63, 3.8) is 0 Å². The Balaban J connectivity index is 2.34. The minimum atomic E-state index is 0.510. The molecule has 0 atom stereocenters. The molecule has 0 saturated carbocycles. The number of anilines is 3. The average molecular weight is 258 g/mol. The highest BCUT2D eigenvalue weighted by atomic mass is 35.5. The molecule has 0 aliphatic rings. The molecule has 0 aliphatic heterocycles. The second kappa shape index (κ2) is 4.99. The number of nitrogens with one attached hydrogen (secondary N) is 1. The molecule has 0 spiro atoms. The Morgan fingerprint density at radius 2 is 1.94 bits per heavy atom. The molecule has 0 aliphatic carbocycles. The number of benzene rings is 2. The molecular formula is C14H12ClN3. The maximum atomic E-state index is 8.78. The molecule has 0 heterocycles. The molecule has 2 aromatic rings. The quantitative estimate of drug-likeness (QED) is 0.804. The number of aryl methyl sites for hydroxylation is 1. The van der Waals surface area contributed by atoms with Gasteiger partial charge >= 0.3 is 0 Å². The Morgan fingerprint density at radius 3 is 2.61 bits per heavy atom. The summed E-state index contributed by atoms with van der Waals surface area (Å²) in [6.07, 6.45) is 0. The van der Waals surface area contributed by atoms with Gasteiger partial charge in [0.1, 0.15) is 0 Å². The highest BCUT2D eigenvalue weighted by molar-refractivity contribution is 6.33. The van der Waals surface area contributed by atoms with Crippen molar-refractivity contribution in [2.45, 2.75) is 6.92 Å². The summed E-state index contributed by atoms with van der Waals surface area (Å²) in [4.78, 5) is 0. The smallest absolute Gasteiger partial charge is 0.0992 e. The van der Waals surface area contributed by atoms with Crippen LogP contribution < -0.4 is 11.1 Å². The second-order valence-electron chi connectivity index (χ2n) is 4.01. The lowest BCUT2D eigenvalue weighted by Gasteiger charge is -2.11. The zero-order chi connectivity index (χ0) is 13.1. The largest absolute Gasteiger partial charge is 0.399 e. The van der Waals surface area contributed by atoms with Gasteiger partial charge < -0.3 is 11.1 Å². The zero-order valence-corrected chi connectivity index (χ0v) is 10.6. The lowest BCUT2D eigenvalue weighted by molar-refractivity contribution is 1.42. The van der Waals surface area contributed by atoms with Crippen LogP contribution in [-0.2, 0) is 0 Å². The van der Waals surface area contributed by atoms with Gasteiger partial charge in [0.05, 0.1) is 22.3 Å². The van der Waals surface area contributed by atoms with Gasteiger partial charge in [-0.05, 0) is 42.8 Å². The monoisotopic (exact) mass is 257 g/mol. The normalized spacial score (nSPS) is 9.83. The fraction of sp³-hybridized carbons (Fsp3) is 0.0714. The van der Waals surface area contributed by atoms with E-state index in [2.05, 4.69) is 5.32 Å². The molecule has 0 unspecified atom stereocenters. The van der Waals surface area contributed by atoms with Gasteiger partial charge in [0.25, 0.3) is 0 Å². The number of nitrogen functional groups attached to an aromatic ring is 1. The summed E-state index contributed by atoms with van der Waals surface area (Å²) < 4.78 is 0. The first kappa shape index (κ1) is 12.3. The van der Waals surface area contributed by atoms with E-state index in [1.165, 1.54) is 0 Å². The summed E-state index contributed by atoms with van der Waals surface area (Å²) in [6.45, 7) is 1.99. The van der Waals surface area contributed by atoms with Gasteiger partial charge in [-0.3, -0.25) is 0 Å². The zero-order valence-electron chi connectivity index (χ0n) is 9.87. The molecule has 0 fully saturated rings. The van der Waals surface area contributed by atoms with Crippen molar-refractivity contribution < 1.29 is 0 Å². The van der Waals surface area contributed by atoms with Gasteiger partial charge in [0.15, 0.2) is 0 Å². The Labute approximate surface area is 111 Å². The van der Waals surface area contributed by atoms with Crippen LogP contribution in [0.3, 0.4) is 0 Å². The summed E-state index contributed by atoms with van der Waals surface area (Å²) >= 11 is 6.11. The highest BCUT2D eigenvalue weighted by Crippen LogP contribution is 2.28. The first-order chi connectivity index (χ1) is 8.60. The van der Waals surface area contributed by atoms with E-state index < -0.39 is 0 Å². The van der Waals surface area contributed by atoms with Crippen LogP contribution in [0, 0.1) is 18.3 Å². The van der Waals surface area contributed by atoms with E-state index in [1.807, 2.05) is 31.2 Å². The van der Waals surface area contributed by atoms with Crippen molar-refractivity contribution in [2.75, 3.05) is 11.1 Å². The van der Waals surface area contributed by atoms with Gasteiger partial charge in [0, 0.05) is 11.4 Å². The number of nitrogens with two attached hydrogens (primary N) is 1. The molecule has 0 bridgehead atoms. The number of hydrogen-bond donors (Lipinski definition) is 2. The van der Waals surface area contributed by atoms with Crippen LogP contribution >= 0.6 is 11.6 Å². The van der Waals surface area contributed by atoms with Gasteiger partial charge in [-0.15, -0.1) is 0 Å². The molecule has 3 N–H and O–H groups in total. The molecule has 90 valence electrons. The first-order valence-electron chi connectivity index (χ1n) is 5.43. The van der Waals surface area contributed by atoms with Crippen LogP contribution in [-0.4, -0.2) is 0 Å². The van der Waals surface area contributed by atoms with Crippen molar-refractivity contribution >= 4 is 28.7 Å². The lowest BCUT2D eigenvalue weighted by Crippen LogP contribution is -1.96. The van der Waals surface area contributed by atoms with Gasteiger partial charge in [-0.25, -0.2) is 0 Å². The molecule has 18 heavy (non-hydrogen) atoms. The maximum Gasteiger partial charge on any atom is 0.0992 e. The third-order valence-electron chi connectivity index (χ3n) is 2.63. The van der Waals surface area contributed by atoms with E-state index in [4.69, 9.17) is 22.6 Å². The second-order valence-corrected chi connectivity index (χ2v) is 4.41.